The molecule has 130 valence electrons. The van der Waals surface area contributed by atoms with Crippen molar-refractivity contribution in [1.82, 2.24) is 14.9 Å². The van der Waals surface area contributed by atoms with Crippen LogP contribution in [0.15, 0.2) is 22.8 Å². The van der Waals surface area contributed by atoms with E-state index in [0.29, 0.717) is 6.54 Å². The second-order valence-corrected chi connectivity index (χ2v) is 7.68. The summed E-state index contributed by atoms with van der Waals surface area (Å²) in [6.07, 6.45) is 6.40. The van der Waals surface area contributed by atoms with Gasteiger partial charge in [0.15, 0.2) is 0 Å². The van der Waals surface area contributed by atoms with Crippen molar-refractivity contribution >= 4 is 15.9 Å². The zero-order valence-electron chi connectivity index (χ0n) is 13.5. The van der Waals surface area contributed by atoms with Gasteiger partial charge in [-0.25, -0.2) is 13.1 Å². The molecular formula is C15H25N3O4S. The minimum atomic E-state index is -3.26. The lowest BCUT2D eigenvalue weighted by molar-refractivity contribution is -0.121. The average molecular weight is 343 g/mol. The van der Waals surface area contributed by atoms with Crippen molar-refractivity contribution in [3.63, 3.8) is 0 Å². The van der Waals surface area contributed by atoms with E-state index in [1.165, 1.54) is 6.42 Å². The third-order valence-electron chi connectivity index (χ3n) is 3.91. The van der Waals surface area contributed by atoms with E-state index in [9.17, 15) is 13.2 Å². The first kappa shape index (κ1) is 18.0. The molecule has 1 fully saturated rings. The summed E-state index contributed by atoms with van der Waals surface area (Å²) in [5.74, 6) is 0.677. The fourth-order valence-electron chi connectivity index (χ4n) is 2.77. The summed E-state index contributed by atoms with van der Waals surface area (Å²) in [5.41, 5.74) is 0. The molecule has 0 saturated carbocycles. The molecule has 2 heterocycles. The van der Waals surface area contributed by atoms with Gasteiger partial charge < -0.3 is 9.73 Å². The zero-order valence-corrected chi connectivity index (χ0v) is 14.3. The molecule has 0 unspecified atom stereocenters. The largest absolute Gasteiger partial charge is 0.468 e. The molecule has 23 heavy (non-hydrogen) atoms. The molecule has 2 N–H and O–H groups in total. The van der Waals surface area contributed by atoms with Crippen LogP contribution in [-0.2, 0) is 14.8 Å². The van der Waals surface area contributed by atoms with Crippen molar-refractivity contribution in [2.24, 2.45) is 0 Å². The number of likely N-dealkylation sites (tertiary alicyclic amines) is 1. The number of hydrogen-bond acceptors (Lipinski definition) is 5. The topological polar surface area (TPSA) is 91.6 Å². The number of carbonyl (C=O) groups excluding carboxylic acids is 1. The predicted molar refractivity (Wildman–Crippen MR) is 87.3 cm³/mol. The number of sulfonamides is 1. The molecule has 8 heteroatoms. The lowest BCUT2D eigenvalue weighted by Crippen LogP contribution is -2.41. The van der Waals surface area contributed by atoms with Crippen molar-refractivity contribution in [1.29, 1.82) is 0 Å². The van der Waals surface area contributed by atoms with Crippen molar-refractivity contribution in [2.45, 2.75) is 31.7 Å². The van der Waals surface area contributed by atoms with Gasteiger partial charge in [0.1, 0.15) is 5.76 Å². The first-order valence-electron chi connectivity index (χ1n) is 7.94. The van der Waals surface area contributed by atoms with Crippen LogP contribution >= 0.6 is 0 Å². The van der Waals surface area contributed by atoms with E-state index < -0.39 is 10.0 Å². The van der Waals surface area contributed by atoms with Gasteiger partial charge in [-0.1, -0.05) is 6.42 Å². The maximum atomic E-state index is 11.9. The van der Waals surface area contributed by atoms with E-state index in [2.05, 4.69) is 14.9 Å². The normalized spacial score (nSPS) is 17.8. The Morgan fingerprint density at radius 1 is 1.35 bits per heavy atom. The molecular weight excluding hydrogens is 318 g/mol. The minimum Gasteiger partial charge on any atom is -0.468 e. The van der Waals surface area contributed by atoms with Crippen LogP contribution in [0, 0.1) is 0 Å². The Kier molecular flexibility index (Phi) is 6.61. The molecule has 2 rings (SSSR count). The van der Waals surface area contributed by atoms with Gasteiger partial charge in [-0.05, 0) is 38.1 Å². The van der Waals surface area contributed by atoms with Crippen LogP contribution < -0.4 is 10.0 Å². The van der Waals surface area contributed by atoms with Crippen LogP contribution in [0.5, 0.6) is 0 Å². The molecule has 1 atom stereocenters. The van der Waals surface area contributed by atoms with Crippen molar-refractivity contribution in [3.8, 4) is 0 Å². The molecule has 0 bridgehead atoms. The van der Waals surface area contributed by atoms with Crippen LogP contribution in [0.2, 0.25) is 0 Å². The third-order valence-corrected chi connectivity index (χ3v) is 4.64. The first-order chi connectivity index (χ1) is 11.0. The molecule has 0 aliphatic carbocycles. The third kappa shape index (κ3) is 6.32. The Morgan fingerprint density at radius 2 is 2.09 bits per heavy atom. The standard InChI is InChI=1S/C15H25N3O4S/c1-23(20,21)17-8-7-15(19)16-12-13(14-6-5-11-22-14)18-9-3-2-4-10-18/h5-6,11,13,17H,2-4,7-10,12H2,1H3,(H,16,19)/t13-/m0/s1. The second kappa shape index (κ2) is 8.47. The quantitative estimate of drug-likeness (QED) is 0.730. The maximum Gasteiger partial charge on any atom is 0.221 e. The summed E-state index contributed by atoms with van der Waals surface area (Å²) in [6.45, 7) is 2.57. The number of nitrogens with zero attached hydrogens (tertiary/aromatic N) is 1. The highest BCUT2D eigenvalue weighted by Crippen LogP contribution is 2.24. The maximum absolute atomic E-state index is 11.9. The summed E-state index contributed by atoms with van der Waals surface area (Å²) < 4.78 is 29.8. The lowest BCUT2D eigenvalue weighted by Gasteiger charge is -2.33. The van der Waals surface area contributed by atoms with E-state index >= 15 is 0 Å². The molecule has 7 nitrogen and oxygen atoms in total. The number of rotatable bonds is 8. The van der Waals surface area contributed by atoms with Gasteiger partial charge in [0.05, 0.1) is 18.6 Å². The van der Waals surface area contributed by atoms with E-state index in [1.54, 1.807) is 6.26 Å². The molecule has 1 aromatic rings. The lowest BCUT2D eigenvalue weighted by atomic mass is 10.1. The van der Waals surface area contributed by atoms with Crippen LogP contribution in [-0.4, -0.2) is 51.7 Å². The average Bonchev–Trinajstić information content (AvgIpc) is 3.01. The number of carbonyl (C=O) groups is 1. The van der Waals surface area contributed by atoms with Gasteiger partial charge in [0, 0.05) is 19.5 Å². The van der Waals surface area contributed by atoms with Crippen LogP contribution in [0.3, 0.4) is 0 Å². The number of furan rings is 1. The first-order valence-corrected chi connectivity index (χ1v) is 9.83. The Bertz CT molecular complexity index is 580. The SMILES string of the molecule is CS(=O)(=O)NCCC(=O)NC[C@@H](c1ccco1)N1CCCCC1. The van der Waals surface area contributed by atoms with E-state index in [4.69, 9.17) is 4.42 Å². The van der Waals surface area contributed by atoms with Gasteiger partial charge in [-0.15, -0.1) is 0 Å². The Labute approximate surface area is 137 Å². The second-order valence-electron chi connectivity index (χ2n) is 5.85. The number of amides is 1. The monoisotopic (exact) mass is 343 g/mol. The van der Waals surface area contributed by atoms with Gasteiger partial charge in [-0.3, -0.25) is 9.69 Å². The van der Waals surface area contributed by atoms with E-state index in [-0.39, 0.29) is 24.9 Å². The van der Waals surface area contributed by atoms with Crippen LogP contribution in [0.1, 0.15) is 37.5 Å². The smallest absolute Gasteiger partial charge is 0.221 e. The summed E-state index contributed by atoms with van der Waals surface area (Å²) in [6, 6.07) is 3.80. The molecule has 0 spiro atoms. The van der Waals surface area contributed by atoms with Crippen molar-refractivity contribution in [2.75, 3.05) is 32.4 Å². The highest BCUT2D eigenvalue weighted by molar-refractivity contribution is 7.88. The summed E-state index contributed by atoms with van der Waals surface area (Å²) in [5, 5.41) is 2.88. The Hall–Kier alpha value is -1.38. The summed E-state index contributed by atoms with van der Waals surface area (Å²) in [4.78, 5) is 14.2. The van der Waals surface area contributed by atoms with Crippen molar-refractivity contribution in [3.05, 3.63) is 24.2 Å². The molecule has 1 aliphatic rings. The highest BCUT2D eigenvalue weighted by Gasteiger charge is 2.24. The molecule has 1 aromatic heterocycles. The summed E-state index contributed by atoms with van der Waals surface area (Å²) in [7, 11) is -3.26. The molecule has 1 aliphatic heterocycles. The van der Waals surface area contributed by atoms with E-state index in [0.717, 1.165) is 37.9 Å². The van der Waals surface area contributed by atoms with Gasteiger partial charge in [-0.2, -0.15) is 0 Å². The van der Waals surface area contributed by atoms with Gasteiger partial charge in [0.2, 0.25) is 15.9 Å². The highest BCUT2D eigenvalue weighted by atomic mass is 32.2. The van der Waals surface area contributed by atoms with Crippen LogP contribution in [0.25, 0.3) is 0 Å². The zero-order chi connectivity index (χ0) is 16.7. The minimum absolute atomic E-state index is 0.0251. The fourth-order valence-corrected chi connectivity index (χ4v) is 3.24. The van der Waals surface area contributed by atoms with Gasteiger partial charge >= 0.3 is 0 Å². The molecule has 0 aromatic carbocycles. The van der Waals surface area contributed by atoms with Crippen LogP contribution in [0.4, 0.5) is 0 Å². The van der Waals surface area contributed by atoms with E-state index in [1.807, 2.05) is 12.1 Å². The molecule has 1 amide bonds. The number of piperidine rings is 1. The molecule has 1 saturated heterocycles. The number of hydrogen-bond donors (Lipinski definition) is 2. The van der Waals surface area contributed by atoms with Gasteiger partial charge in [0.25, 0.3) is 0 Å². The predicted octanol–water partition coefficient (Wildman–Crippen LogP) is 0.862. The Balaban J connectivity index is 1.84. The fraction of sp³-hybridized carbons (Fsp3) is 0.667. The molecule has 0 radical (unpaired) electrons. The van der Waals surface area contributed by atoms with Crippen molar-refractivity contribution < 1.29 is 17.6 Å². The number of nitrogens with one attached hydrogen (secondary N) is 2. The summed E-state index contributed by atoms with van der Waals surface area (Å²) >= 11 is 0. The Morgan fingerprint density at radius 3 is 2.70 bits per heavy atom.